The van der Waals surface area contributed by atoms with E-state index >= 15 is 0 Å². The van der Waals surface area contributed by atoms with Crippen molar-refractivity contribution in [2.24, 2.45) is 5.41 Å². The van der Waals surface area contributed by atoms with Gasteiger partial charge in [-0.05, 0) is 83.3 Å². The Morgan fingerprint density at radius 1 is 0.535 bits per heavy atom. The van der Waals surface area contributed by atoms with Gasteiger partial charge in [-0.3, -0.25) is 9.13 Å². The molecule has 0 radical (unpaired) electrons. The zero-order chi connectivity index (χ0) is 30.2. The van der Waals surface area contributed by atoms with E-state index in [4.69, 9.17) is 18.1 Å². The van der Waals surface area contributed by atoms with Gasteiger partial charge in [0.05, 0.1) is 44.2 Å². The smallest absolute Gasteiger partial charge is 0.307 e. The van der Waals surface area contributed by atoms with Crippen molar-refractivity contribution in [2.75, 3.05) is 26.4 Å². The highest BCUT2D eigenvalue weighted by atomic mass is 31.2. The van der Waals surface area contributed by atoms with Gasteiger partial charge in [0.2, 0.25) is 0 Å². The maximum atomic E-state index is 13.8. The molecule has 0 N–H and O–H groups in total. The molecule has 0 amide bonds. The zero-order valence-corrected chi connectivity index (χ0v) is 27.0. The van der Waals surface area contributed by atoms with Gasteiger partial charge in [-0.2, -0.15) is 0 Å². The Hall–Kier alpha value is -2.82. The fourth-order valence-electron chi connectivity index (χ4n) is 5.97. The van der Waals surface area contributed by atoms with Crippen LogP contribution in [0.15, 0.2) is 84.9 Å². The SMILES string of the molecule is Cc1ccc(-c2ccccc2)c(C)c1CP1(=O)OCC2(CO1)COP(=O)(Cc1c(C)ccc(-c3ccccc3)c1C)OC2. The fourth-order valence-corrected chi connectivity index (χ4v) is 10.1. The third-order valence-corrected chi connectivity index (χ3v) is 12.3. The van der Waals surface area contributed by atoms with Gasteiger partial charge in [0.15, 0.2) is 0 Å². The highest BCUT2D eigenvalue weighted by Crippen LogP contribution is 2.62. The summed E-state index contributed by atoms with van der Waals surface area (Å²) >= 11 is 0. The van der Waals surface area contributed by atoms with Crippen LogP contribution >= 0.6 is 15.2 Å². The summed E-state index contributed by atoms with van der Waals surface area (Å²) in [7, 11) is -6.82. The minimum atomic E-state index is -3.41. The summed E-state index contributed by atoms with van der Waals surface area (Å²) in [6.07, 6.45) is 0.385. The van der Waals surface area contributed by atoms with E-state index in [1.54, 1.807) is 0 Å². The molecule has 0 bridgehead atoms. The van der Waals surface area contributed by atoms with E-state index < -0.39 is 20.6 Å². The minimum absolute atomic E-state index is 0.155. The first-order chi connectivity index (χ1) is 20.6. The van der Waals surface area contributed by atoms with Crippen LogP contribution in [0, 0.1) is 33.1 Å². The maximum Gasteiger partial charge on any atom is 0.335 e. The maximum absolute atomic E-state index is 13.8. The fraction of sp³-hybridized carbons (Fsp3) is 0.314. The summed E-state index contributed by atoms with van der Waals surface area (Å²) in [6, 6.07) is 28.7. The topological polar surface area (TPSA) is 71.1 Å². The molecule has 2 fully saturated rings. The molecule has 0 aromatic heterocycles. The molecule has 224 valence electrons. The second-order valence-electron chi connectivity index (χ2n) is 11.9. The largest absolute Gasteiger partial charge is 0.335 e. The van der Waals surface area contributed by atoms with E-state index in [0.717, 1.165) is 55.6 Å². The highest BCUT2D eigenvalue weighted by molar-refractivity contribution is 7.53. The summed E-state index contributed by atoms with van der Waals surface area (Å²) in [5.74, 6) is 0. The Kier molecular flexibility index (Phi) is 8.39. The van der Waals surface area contributed by atoms with Gasteiger partial charge in [-0.25, -0.2) is 0 Å². The van der Waals surface area contributed by atoms with Gasteiger partial charge >= 0.3 is 15.2 Å². The molecule has 6 rings (SSSR count). The Bertz CT molecular complexity index is 1580. The van der Waals surface area contributed by atoms with Gasteiger partial charge < -0.3 is 18.1 Å². The van der Waals surface area contributed by atoms with Crippen LogP contribution in [0.25, 0.3) is 22.3 Å². The van der Waals surface area contributed by atoms with E-state index in [2.05, 4.69) is 62.4 Å². The average molecular weight is 617 g/mol. The number of aryl methyl sites for hydroxylation is 2. The molecule has 1 spiro atoms. The molecule has 43 heavy (non-hydrogen) atoms. The van der Waals surface area contributed by atoms with E-state index in [-0.39, 0.29) is 38.8 Å². The molecule has 6 nitrogen and oxygen atoms in total. The Morgan fingerprint density at radius 2 is 0.884 bits per heavy atom. The highest BCUT2D eigenvalue weighted by Gasteiger charge is 2.49. The first-order valence-corrected chi connectivity index (χ1v) is 18.1. The predicted octanol–water partition coefficient (Wildman–Crippen LogP) is 9.42. The van der Waals surface area contributed by atoms with Gasteiger partial charge in [0.1, 0.15) is 0 Å². The predicted molar refractivity (Wildman–Crippen MR) is 172 cm³/mol. The lowest BCUT2D eigenvalue weighted by molar-refractivity contribution is -0.0690. The van der Waals surface area contributed by atoms with Crippen LogP contribution in [0.5, 0.6) is 0 Å². The first kappa shape index (κ1) is 30.2. The summed E-state index contributed by atoms with van der Waals surface area (Å²) in [5, 5.41) is 0. The number of hydrogen-bond acceptors (Lipinski definition) is 6. The summed E-state index contributed by atoms with van der Waals surface area (Å²) in [6.45, 7) is 8.78. The van der Waals surface area contributed by atoms with Crippen molar-refractivity contribution in [1.82, 2.24) is 0 Å². The Balaban J connectivity index is 1.13. The van der Waals surface area contributed by atoms with Gasteiger partial charge in [-0.1, -0.05) is 84.9 Å². The lowest BCUT2D eigenvalue weighted by Crippen LogP contribution is -2.45. The lowest BCUT2D eigenvalue weighted by Gasteiger charge is -2.43. The van der Waals surface area contributed by atoms with Crippen LogP contribution in [0.2, 0.25) is 0 Å². The summed E-state index contributed by atoms with van der Waals surface area (Å²) in [4.78, 5) is 0. The number of benzene rings is 4. The lowest BCUT2D eigenvalue weighted by atomic mass is 9.93. The van der Waals surface area contributed by atoms with Crippen molar-refractivity contribution in [3.8, 4) is 22.3 Å². The molecule has 0 unspecified atom stereocenters. The molecule has 0 saturated carbocycles. The molecular weight excluding hydrogens is 578 g/mol. The second-order valence-corrected chi connectivity index (χ2v) is 16.0. The number of hydrogen-bond donors (Lipinski definition) is 0. The van der Waals surface area contributed by atoms with Crippen molar-refractivity contribution in [1.29, 1.82) is 0 Å². The molecule has 2 aliphatic rings. The molecule has 0 atom stereocenters. The molecule has 2 saturated heterocycles. The van der Waals surface area contributed by atoms with E-state index in [0.29, 0.717) is 0 Å². The van der Waals surface area contributed by atoms with Crippen LogP contribution in [0.4, 0.5) is 0 Å². The second kappa shape index (κ2) is 11.9. The van der Waals surface area contributed by atoms with Gasteiger partial charge in [-0.15, -0.1) is 0 Å². The van der Waals surface area contributed by atoms with E-state index in [1.165, 1.54) is 0 Å². The number of rotatable bonds is 6. The van der Waals surface area contributed by atoms with Crippen LogP contribution in [-0.4, -0.2) is 26.4 Å². The van der Waals surface area contributed by atoms with E-state index in [9.17, 15) is 9.13 Å². The van der Waals surface area contributed by atoms with Crippen molar-refractivity contribution in [3.05, 3.63) is 118 Å². The van der Waals surface area contributed by atoms with Crippen molar-refractivity contribution in [3.63, 3.8) is 0 Å². The standard InChI is InChI=1S/C35H38O6P2/c1-25-15-17-31(29-11-7-5-8-12-29)27(3)33(25)19-42(36)38-21-35(22-39-42)23-40-43(37,41-24-35)20-34-26(2)16-18-32(28(34)4)30-13-9-6-10-14-30/h5-18H,19-24H2,1-4H3. The van der Waals surface area contributed by atoms with Crippen LogP contribution in [-0.2, 0) is 39.5 Å². The zero-order valence-electron chi connectivity index (χ0n) is 25.2. The molecule has 0 aliphatic carbocycles. The van der Waals surface area contributed by atoms with Gasteiger partial charge in [0.25, 0.3) is 0 Å². The van der Waals surface area contributed by atoms with Gasteiger partial charge in [0, 0.05) is 0 Å². The molecular formula is C35H38O6P2. The molecule has 4 aromatic rings. The van der Waals surface area contributed by atoms with Crippen molar-refractivity contribution >= 4 is 15.2 Å². The molecule has 8 heteroatoms. The molecule has 4 aromatic carbocycles. The normalized spacial score (nSPS) is 25.6. The Morgan fingerprint density at radius 3 is 1.23 bits per heavy atom. The van der Waals surface area contributed by atoms with Crippen LogP contribution in [0.3, 0.4) is 0 Å². The molecule has 2 heterocycles. The quantitative estimate of drug-likeness (QED) is 0.201. The van der Waals surface area contributed by atoms with Crippen molar-refractivity contribution in [2.45, 2.75) is 40.0 Å². The van der Waals surface area contributed by atoms with E-state index in [1.807, 2.05) is 50.2 Å². The first-order valence-electron chi connectivity index (χ1n) is 14.6. The minimum Gasteiger partial charge on any atom is -0.307 e. The molecule has 2 aliphatic heterocycles. The summed E-state index contributed by atoms with van der Waals surface area (Å²) < 4.78 is 51.5. The Labute approximate surface area is 254 Å². The van der Waals surface area contributed by atoms with Crippen molar-refractivity contribution < 1.29 is 27.2 Å². The van der Waals surface area contributed by atoms with Crippen LogP contribution < -0.4 is 0 Å². The average Bonchev–Trinajstić information content (AvgIpc) is 3.02. The third kappa shape index (κ3) is 6.24. The van der Waals surface area contributed by atoms with Crippen LogP contribution in [0.1, 0.15) is 33.4 Å². The monoisotopic (exact) mass is 616 g/mol. The third-order valence-electron chi connectivity index (χ3n) is 8.81. The summed E-state index contributed by atoms with van der Waals surface area (Å²) in [5.41, 5.74) is 9.96.